The maximum Gasteiger partial charge on any atom is 0.193 e. The number of furan rings is 1. The Bertz CT molecular complexity index is 473. The molecule has 1 heterocycles. The third-order valence-electron chi connectivity index (χ3n) is 2.20. The van der Waals surface area contributed by atoms with Crippen LogP contribution in [0.1, 0.15) is 12.5 Å². The monoisotopic (exact) mass is 220 g/mol. The highest BCUT2D eigenvalue weighted by atomic mass is 32.2. The highest BCUT2D eigenvalue weighted by molar-refractivity contribution is 8.13. The second-order valence-electron chi connectivity index (χ2n) is 3.24. The Hall–Kier alpha value is -1.22. The Balaban J connectivity index is 2.25. The highest BCUT2D eigenvalue weighted by Gasteiger charge is 2.09. The largest absolute Gasteiger partial charge is 0.464 e. The van der Waals surface area contributed by atoms with Crippen LogP contribution in [0, 0.1) is 0 Å². The second-order valence-corrected chi connectivity index (χ2v) is 4.56. The number of carbonyl (C=O) groups excluding carboxylic acids is 1. The van der Waals surface area contributed by atoms with Crippen LogP contribution in [0.2, 0.25) is 0 Å². The molecule has 2 rings (SSSR count). The van der Waals surface area contributed by atoms with Gasteiger partial charge >= 0.3 is 0 Å². The summed E-state index contributed by atoms with van der Waals surface area (Å²) in [5.41, 5.74) is 1.83. The third kappa shape index (κ3) is 2.23. The molecule has 0 radical (unpaired) electrons. The van der Waals surface area contributed by atoms with Crippen molar-refractivity contribution in [2.24, 2.45) is 0 Å². The average Bonchev–Trinajstić information content (AvgIpc) is 2.62. The standard InChI is InChI=1S/C12H12O2S/c1-2-15-12(13)7-9-8-14-11-6-4-3-5-10(9)11/h3-6,8H,2,7H2,1H3. The summed E-state index contributed by atoms with van der Waals surface area (Å²) in [6.07, 6.45) is 2.13. The minimum absolute atomic E-state index is 0.198. The zero-order valence-electron chi connectivity index (χ0n) is 8.53. The topological polar surface area (TPSA) is 30.2 Å². The van der Waals surface area contributed by atoms with E-state index in [2.05, 4.69) is 0 Å². The first-order valence-electron chi connectivity index (χ1n) is 4.92. The maximum atomic E-state index is 11.5. The van der Waals surface area contributed by atoms with Gasteiger partial charge in [0.1, 0.15) is 5.58 Å². The summed E-state index contributed by atoms with van der Waals surface area (Å²) in [4.78, 5) is 11.5. The Kier molecular flexibility index (Phi) is 3.11. The van der Waals surface area contributed by atoms with Gasteiger partial charge in [-0.25, -0.2) is 0 Å². The molecular formula is C12H12O2S. The van der Waals surface area contributed by atoms with Crippen LogP contribution in [0.5, 0.6) is 0 Å². The predicted molar refractivity (Wildman–Crippen MR) is 63.1 cm³/mol. The molecule has 0 unspecified atom stereocenters. The number of benzene rings is 1. The Morgan fingerprint density at radius 2 is 2.20 bits per heavy atom. The molecule has 0 saturated carbocycles. The smallest absolute Gasteiger partial charge is 0.193 e. The van der Waals surface area contributed by atoms with Crippen molar-refractivity contribution in [2.75, 3.05) is 5.75 Å². The van der Waals surface area contributed by atoms with Crippen LogP contribution in [-0.4, -0.2) is 10.9 Å². The molecule has 0 bridgehead atoms. The van der Waals surface area contributed by atoms with E-state index in [4.69, 9.17) is 4.42 Å². The van der Waals surface area contributed by atoms with E-state index in [1.807, 2.05) is 31.2 Å². The van der Waals surface area contributed by atoms with Crippen LogP contribution >= 0.6 is 11.8 Å². The minimum atomic E-state index is 0.198. The van der Waals surface area contributed by atoms with Gasteiger partial charge in [-0.15, -0.1) is 0 Å². The van der Waals surface area contributed by atoms with Crippen LogP contribution in [0.15, 0.2) is 34.9 Å². The Morgan fingerprint density at radius 1 is 1.40 bits per heavy atom. The normalized spacial score (nSPS) is 10.7. The molecule has 1 aromatic heterocycles. The first-order chi connectivity index (χ1) is 7.31. The van der Waals surface area contributed by atoms with Crippen molar-refractivity contribution < 1.29 is 9.21 Å². The van der Waals surface area contributed by atoms with Gasteiger partial charge in [-0.05, 0) is 11.8 Å². The van der Waals surface area contributed by atoms with Gasteiger partial charge in [0.05, 0.1) is 6.26 Å². The molecule has 0 spiro atoms. The molecule has 0 fully saturated rings. The van der Waals surface area contributed by atoms with Crippen LogP contribution in [0.25, 0.3) is 11.0 Å². The summed E-state index contributed by atoms with van der Waals surface area (Å²) < 4.78 is 5.37. The predicted octanol–water partition coefficient (Wildman–Crippen LogP) is 3.26. The molecule has 0 aliphatic rings. The van der Waals surface area contributed by atoms with E-state index < -0.39 is 0 Å². The van der Waals surface area contributed by atoms with Crippen molar-refractivity contribution in [1.82, 2.24) is 0 Å². The van der Waals surface area contributed by atoms with Crippen LogP contribution in [0.3, 0.4) is 0 Å². The average molecular weight is 220 g/mol. The highest BCUT2D eigenvalue weighted by Crippen LogP contribution is 2.22. The maximum absolute atomic E-state index is 11.5. The molecule has 0 aliphatic carbocycles. The zero-order valence-corrected chi connectivity index (χ0v) is 9.34. The van der Waals surface area contributed by atoms with Crippen molar-refractivity contribution in [2.45, 2.75) is 13.3 Å². The van der Waals surface area contributed by atoms with E-state index >= 15 is 0 Å². The van der Waals surface area contributed by atoms with Gasteiger partial charge in [-0.3, -0.25) is 4.79 Å². The van der Waals surface area contributed by atoms with E-state index in [9.17, 15) is 4.79 Å². The molecular weight excluding hydrogens is 208 g/mol. The van der Waals surface area contributed by atoms with Crippen molar-refractivity contribution >= 4 is 27.8 Å². The quantitative estimate of drug-likeness (QED) is 0.795. The van der Waals surface area contributed by atoms with Gasteiger partial charge < -0.3 is 4.42 Å². The summed E-state index contributed by atoms with van der Waals surface area (Å²) in [6.45, 7) is 1.98. The lowest BCUT2D eigenvalue weighted by Gasteiger charge is -1.95. The lowest BCUT2D eigenvalue weighted by Crippen LogP contribution is -1.96. The van der Waals surface area contributed by atoms with E-state index in [0.717, 1.165) is 22.3 Å². The molecule has 15 heavy (non-hydrogen) atoms. The number of rotatable bonds is 3. The molecule has 1 aromatic carbocycles. The van der Waals surface area contributed by atoms with Gasteiger partial charge in [0, 0.05) is 17.4 Å². The lowest BCUT2D eigenvalue weighted by molar-refractivity contribution is -0.110. The van der Waals surface area contributed by atoms with Gasteiger partial charge in [-0.1, -0.05) is 36.9 Å². The number of hydrogen-bond donors (Lipinski definition) is 0. The van der Waals surface area contributed by atoms with Gasteiger partial charge in [0.25, 0.3) is 0 Å². The molecule has 2 nitrogen and oxygen atoms in total. The Morgan fingerprint density at radius 3 is 3.00 bits per heavy atom. The van der Waals surface area contributed by atoms with Crippen LogP contribution < -0.4 is 0 Å². The molecule has 0 aliphatic heterocycles. The number of thioether (sulfide) groups is 1. The molecule has 3 heteroatoms. The van der Waals surface area contributed by atoms with E-state index in [1.54, 1.807) is 6.26 Å². The fraction of sp³-hybridized carbons (Fsp3) is 0.250. The van der Waals surface area contributed by atoms with Gasteiger partial charge in [0.15, 0.2) is 5.12 Å². The van der Waals surface area contributed by atoms with Crippen molar-refractivity contribution in [3.05, 3.63) is 36.1 Å². The summed E-state index contributed by atoms with van der Waals surface area (Å²) in [7, 11) is 0. The van der Waals surface area contributed by atoms with Gasteiger partial charge in [-0.2, -0.15) is 0 Å². The zero-order chi connectivity index (χ0) is 10.7. The third-order valence-corrected chi connectivity index (χ3v) is 2.96. The fourth-order valence-electron chi connectivity index (χ4n) is 1.54. The van der Waals surface area contributed by atoms with Crippen molar-refractivity contribution in [3.8, 4) is 0 Å². The van der Waals surface area contributed by atoms with Gasteiger partial charge in [0.2, 0.25) is 0 Å². The number of fused-ring (bicyclic) bond motifs is 1. The van der Waals surface area contributed by atoms with Crippen LogP contribution in [0.4, 0.5) is 0 Å². The number of hydrogen-bond acceptors (Lipinski definition) is 3. The van der Waals surface area contributed by atoms with E-state index in [0.29, 0.717) is 6.42 Å². The summed E-state index contributed by atoms with van der Waals surface area (Å²) in [5.74, 6) is 0.828. The minimum Gasteiger partial charge on any atom is -0.464 e. The first kappa shape index (κ1) is 10.3. The second kappa shape index (κ2) is 4.53. The SMILES string of the molecule is CCSC(=O)Cc1coc2ccccc12. The van der Waals surface area contributed by atoms with Crippen LogP contribution in [-0.2, 0) is 11.2 Å². The molecule has 0 amide bonds. The molecule has 78 valence electrons. The molecule has 0 atom stereocenters. The summed E-state index contributed by atoms with van der Waals surface area (Å²) >= 11 is 1.36. The summed E-state index contributed by atoms with van der Waals surface area (Å²) in [6, 6.07) is 7.78. The van der Waals surface area contributed by atoms with E-state index in [1.165, 1.54) is 11.8 Å². The van der Waals surface area contributed by atoms with Crippen molar-refractivity contribution in [3.63, 3.8) is 0 Å². The Labute approximate surface area is 92.7 Å². The molecule has 2 aromatic rings. The number of para-hydroxylation sites is 1. The fourth-order valence-corrected chi connectivity index (χ4v) is 2.12. The first-order valence-corrected chi connectivity index (χ1v) is 5.90. The molecule has 0 saturated heterocycles. The molecule has 0 N–H and O–H groups in total. The number of carbonyl (C=O) groups is 1. The lowest BCUT2D eigenvalue weighted by atomic mass is 10.1. The van der Waals surface area contributed by atoms with E-state index in [-0.39, 0.29) is 5.12 Å². The van der Waals surface area contributed by atoms with Crippen molar-refractivity contribution in [1.29, 1.82) is 0 Å². The summed E-state index contributed by atoms with van der Waals surface area (Å²) in [5, 5.41) is 1.24.